The summed E-state index contributed by atoms with van der Waals surface area (Å²) in [6, 6.07) is 0.880. The highest BCUT2D eigenvalue weighted by molar-refractivity contribution is 7.99. The molecule has 0 atom stereocenters. The molecular weight excluding hydrogens is 403 g/mol. The van der Waals surface area contributed by atoms with Crippen molar-refractivity contribution in [2.45, 2.75) is 11.3 Å². The first-order valence-corrected chi connectivity index (χ1v) is 9.47. The summed E-state index contributed by atoms with van der Waals surface area (Å²) in [6.07, 6.45) is -0.216. The first-order chi connectivity index (χ1) is 12.8. The lowest BCUT2D eigenvalue weighted by molar-refractivity contribution is -0.137. The number of hydrogen-bond donors (Lipinski definition) is 0. The van der Waals surface area contributed by atoms with Gasteiger partial charge in [0, 0.05) is 51.8 Å². The number of nitrogens with zero attached hydrogens (tertiary/aromatic N) is 5. The van der Waals surface area contributed by atoms with Gasteiger partial charge < -0.3 is 14.4 Å². The van der Waals surface area contributed by atoms with E-state index in [0.29, 0.717) is 32.0 Å². The van der Waals surface area contributed by atoms with Gasteiger partial charge in [-0.25, -0.2) is 9.97 Å². The van der Waals surface area contributed by atoms with Gasteiger partial charge in [0.25, 0.3) is 0 Å². The largest absolute Gasteiger partial charge is 0.417 e. The normalized spacial score (nSPS) is 15.3. The zero-order valence-electron chi connectivity index (χ0n) is 14.4. The summed E-state index contributed by atoms with van der Waals surface area (Å²) in [6.45, 7) is 1.83. The fraction of sp³-hybridized carbons (Fsp3) is 0.438. The van der Waals surface area contributed by atoms with Crippen LogP contribution in [0.25, 0.3) is 0 Å². The van der Waals surface area contributed by atoms with Crippen molar-refractivity contribution in [3.63, 3.8) is 0 Å². The Morgan fingerprint density at radius 1 is 1.26 bits per heavy atom. The van der Waals surface area contributed by atoms with E-state index in [0.717, 1.165) is 17.4 Å². The van der Waals surface area contributed by atoms with Crippen molar-refractivity contribution in [1.82, 2.24) is 19.4 Å². The van der Waals surface area contributed by atoms with E-state index in [2.05, 4.69) is 9.97 Å². The molecule has 3 heterocycles. The molecule has 0 spiro atoms. The summed E-state index contributed by atoms with van der Waals surface area (Å²) < 4.78 is 40.0. The molecule has 0 saturated carbocycles. The predicted octanol–water partition coefficient (Wildman–Crippen LogP) is 2.93. The van der Waals surface area contributed by atoms with Crippen molar-refractivity contribution < 1.29 is 18.0 Å². The molecular formula is C16H17ClF3N5OS. The summed E-state index contributed by atoms with van der Waals surface area (Å²) in [5, 5.41) is 0.720. The van der Waals surface area contributed by atoms with Crippen LogP contribution in [0.2, 0.25) is 5.02 Å². The van der Waals surface area contributed by atoms with Crippen LogP contribution in [0.4, 0.5) is 19.0 Å². The third kappa shape index (κ3) is 4.67. The van der Waals surface area contributed by atoms with E-state index in [1.165, 1.54) is 11.8 Å². The number of halogens is 4. The zero-order chi connectivity index (χ0) is 19.6. The molecule has 0 radical (unpaired) electrons. The average Bonchev–Trinajstić information content (AvgIpc) is 3.04. The summed E-state index contributed by atoms with van der Waals surface area (Å²) in [4.78, 5) is 23.9. The number of imidazole rings is 1. The van der Waals surface area contributed by atoms with Gasteiger partial charge in [0.2, 0.25) is 5.91 Å². The minimum atomic E-state index is -4.48. The first kappa shape index (κ1) is 19.8. The van der Waals surface area contributed by atoms with E-state index in [1.807, 2.05) is 17.8 Å². The van der Waals surface area contributed by atoms with E-state index in [9.17, 15) is 18.0 Å². The number of alkyl halides is 3. The Hall–Kier alpha value is -1.94. The van der Waals surface area contributed by atoms with Crippen molar-refractivity contribution in [1.29, 1.82) is 0 Å². The number of pyridine rings is 1. The van der Waals surface area contributed by atoms with Crippen LogP contribution in [-0.2, 0) is 18.0 Å². The third-order valence-electron chi connectivity index (χ3n) is 4.18. The van der Waals surface area contributed by atoms with Gasteiger partial charge in [0.05, 0.1) is 16.3 Å². The Labute approximate surface area is 163 Å². The van der Waals surface area contributed by atoms with E-state index < -0.39 is 11.7 Å². The molecule has 1 fully saturated rings. The number of carbonyl (C=O) groups is 1. The minimum absolute atomic E-state index is 0.00544. The van der Waals surface area contributed by atoms with Crippen LogP contribution >= 0.6 is 23.4 Å². The Morgan fingerprint density at radius 2 is 1.96 bits per heavy atom. The summed E-state index contributed by atoms with van der Waals surface area (Å²) >= 11 is 7.36. The second-order valence-corrected chi connectivity index (χ2v) is 7.35. The Morgan fingerprint density at radius 3 is 2.52 bits per heavy atom. The Bertz CT molecular complexity index is 821. The molecule has 1 aliphatic heterocycles. The van der Waals surface area contributed by atoms with Gasteiger partial charge in [-0.15, -0.1) is 0 Å². The zero-order valence-corrected chi connectivity index (χ0v) is 16.0. The van der Waals surface area contributed by atoms with Crippen LogP contribution in [0.3, 0.4) is 0 Å². The number of amides is 1. The number of aromatic nitrogens is 3. The molecule has 6 nitrogen and oxygen atoms in total. The van der Waals surface area contributed by atoms with Crippen molar-refractivity contribution >= 4 is 35.1 Å². The molecule has 27 heavy (non-hydrogen) atoms. The first-order valence-electron chi connectivity index (χ1n) is 8.11. The number of carbonyl (C=O) groups excluding carboxylic acids is 1. The number of thioether (sulfide) groups is 1. The lowest BCUT2D eigenvalue weighted by Crippen LogP contribution is -2.49. The molecule has 0 N–H and O–H groups in total. The van der Waals surface area contributed by atoms with Crippen molar-refractivity contribution in [3.05, 3.63) is 35.2 Å². The maximum absolute atomic E-state index is 12.7. The summed E-state index contributed by atoms with van der Waals surface area (Å²) in [5.74, 6) is 0.581. The second kappa shape index (κ2) is 7.97. The van der Waals surface area contributed by atoms with Gasteiger partial charge in [0.1, 0.15) is 5.82 Å². The van der Waals surface area contributed by atoms with Gasteiger partial charge >= 0.3 is 6.18 Å². The van der Waals surface area contributed by atoms with Crippen molar-refractivity contribution in [2.75, 3.05) is 36.8 Å². The van der Waals surface area contributed by atoms with Crippen LogP contribution in [0.5, 0.6) is 0 Å². The van der Waals surface area contributed by atoms with Crippen molar-refractivity contribution in [3.8, 4) is 0 Å². The third-order valence-corrected chi connectivity index (χ3v) is 5.50. The molecule has 0 unspecified atom stereocenters. The number of hydrogen-bond acceptors (Lipinski definition) is 5. The molecule has 0 aliphatic carbocycles. The van der Waals surface area contributed by atoms with Gasteiger partial charge in [-0.1, -0.05) is 23.4 Å². The lowest BCUT2D eigenvalue weighted by Gasteiger charge is -2.35. The van der Waals surface area contributed by atoms with Gasteiger partial charge in [-0.2, -0.15) is 13.2 Å². The number of rotatable bonds is 4. The molecule has 2 aromatic rings. The van der Waals surface area contributed by atoms with Gasteiger partial charge in [-0.05, 0) is 6.07 Å². The van der Waals surface area contributed by atoms with E-state index in [1.54, 1.807) is 16.0 Å². The molecule has 2 aromatic heterocycles. The quantitative estimate of drug-likeness (QED) is 0.713. The van der Waals surface area contributed by atoms with E-state index in [4.69, 9.17) is 11.6 Å². The van der Waals surface area contributed by atoms with E-state index >= 15 is 0 Å². The minimum Gasteiger partial charge on any atom is -0.352 e. The second-order valence-electron chi connectivity index (χ2n) is 6.00. The lowest BCUT2D eigenvalue weighted by atomic mass is 10.2. The van der Waals surface area contributed by atoms with Gasteiger partial charge in [0.15, 0.2) is 5.16 Å². The highest BCUT2D eigenvalue weighted by Gasteiger charge is 2.32. The summed E-state index contributed by atoms with van der Waals surface area (Å²) in [5.41, 5.74) is -0.878. The maximum Gasteiger partial charge on any atom is 0.417 e. The number of aryl methyl sites for hydroxylation is 1. The monoisotopic (exact) mass is 419 g/mol. The van der Waals surface area contributed by atoms with E-state index in [-0.39, 0.29) is 16.7 Å². The smallest absolute Gasteiger partial charge is 0.352 e. The van der Waals surface area contributed by atoms with Crippen LogP contribution in [-0.4, -0.2) is 57.3 Å². The number of anilines is 1. The summed E-state index contributed by atoms with van der Waals surface area (Å²) in [7, 11) is 1.86. The van der Waals surface area contributed by atoms with Crippen LogP contribution < -0.4 is 4.90 Å². The van der Waals surface area contributed by atoms with Crippen LogP contribution in [0.1, 0.15) is 5.56 Å². The maximum atomic E-state index is 12.7. The Balaban J connectivity index is 1.55. The molecule has 146 valence electrons. The fourth-order valence-electron chi connectivity index (χ4n) is 2.69. The Kier molecular flexibility index (Phi) is 5.85. The highest BCUT2D eigenvalue weighted by Crippen LogP contribution is 2.33. The highest BCUT2D eigenvalue weighted by atomic mass is 35.5. The molecule has 1 amide bonds. The number of piperazine rings is 1. The molecule has 0 bridgehead atoms. The van der Waals surface area contributed by atoms with Crippen LogP contribution in [0.15, 0.2) is 29.8 Å². The fourth-order valence-corrected chi connectivity index (χ4v) is 3.82. The predicted molar refractivity (Wildman–Crippen MR) is 97.0 cm³/mol. The molecule has 11 heteroatoms. The average molecular weight is 420 g/mol. The standard InChI is InChI=1S/C16H17ClF3N5OS/c1-23-3-2-21-15(23)27-10-13(26)24-4-6-25(7-5-24)14-12(17)8-11(9-22-14)16(18,19)20/h2-3,8-9H,4-7,10H2,1H3. The molecule has 0 aromatic carbocycles. The molecule has 1 saturated heterocycles. The molecule has 1 aliphatic rings. The van der Waals surface area contributed by atoms with Gasteiger partial charge in [-0.3, -0.25) is 4.79 Å². The van der Waals surface area contributed by atoms with Crippen molar-refractivity contribution in [2.24, 2.45) is 7.05 Å². The topological polar surface area (TPSA) is 54.3 Å². The molecule has 3 rings (SSSR count). The van der Waals surface area contributed by atoms with Crippen LogP contribution in [0, 0.1) is 0 Å². The SMILES string of the molecule is Cn1ccnc1SCC(=O)N1CCN(c2ncc(C(F)(F)F)cc2Cl)CC1.